The first kappa shape index (κ1) is 12.6. The summed E-state index contributed by atoms with van der Waals surface area (Å²) in [6.07, 6.45) is 4.32. The van der Waals surface area contributed by atoms with Gasteiger partial charge in [-0.15, -0.1) is 10.2 Å². The molecule has 0 spiro atoms. The molecule has 0 aliphatic heterocycles. The molecular weight excluding hydrogens is 274 g/mol. The number of aromatic nitrogens is 4. The van der Waals surface area contributed by atoms with E-state index in [1.165, 1.54) is 11.8 Å². The second kappa shape index (κ2) is 6.18. The standard InChI is InChI=1S/C9H11N5S3/c1-2-5-15-8-13-14-9(17-8)16-7-6(10)11-3-4-12-7/h3-4H,2,5H2,1H3,(H2,10,11). The minimum atomic E-state index is 0.426. The van der Waals surface area contributed by atoms with E-state index in [0.717, 1.165) is 20.9 Å². The van der Waals surface area contributed by atoms with Crippen LogP contribution < -0.4 is 5.73 Å². The molecule has 0 bridgehead atoms. The summed E-state index contributed by atoms with van der Waals surface area (Å²) in [5.41, 5.74) is 5.71. The average Bonchev–Trinajstić information content (AvgIpc) is 2.77. The minimum absolute atomic E-state index is 0.426. The molecule has 2 rings (SSSR count). The van der Waals surface area contributed by atoms with Crippen molar-refractivity contribution in [2.45, 2.75) is 27.0 Å². The molecule has 17 heavy (non-hydrogen) atoms. The van der Waals surface area contributed by atoms with E-state index >= 15 is 0 Å². The highest BCUT2D eigenvalue weighted by Crippen LogP contribution is 2.34. The van der Waals surface area contributed by atoms with Crippen molar-refractivity contribution in [2.75, 3.05) is 11.5 Å². The summed E-state index contributed by atoms with van der Waals surface area (Å²) in [6, 6.07) is 0. The van der Waals surface area contributed by atoms with Crippen LogP contribution in [0.5, 0.6) is 0 Å². The smallest absolute Gasteiger partial charge is 0.181 e. The van der Waals surface area contributed by atoms with Gasteiger partial charge in [0.15, 0.2) is 14.5 Å². The maximum absolute atomic E-state index is 5.71. The molecule has 90 valence electrons. The van der Waals surface area contributed by atoms with Crippen LogP contribution in [0.3, 0.4) is 0 Å². The first-order valence-corrected chi connectivity index (χ1v) is 7.62. The molecule has 0 saturated carbocycles. The van der Waals surface area contributed by atoms with Crippen molar-refractivity contribution in [3.05, 3.63) is 12.4 Å². The second-order valence-electron chi connectivity index (χ2n) is 3.03. The Labute approximate surface area is 112 Å². The van der Waals surface area contributed by atoms with Crippen LogP contribution in [-0.2, 0) is 0 Å². The molecule has 0 atom stereocenters. The molecule has 0 aliphatic rings. The van der Waals surface area contributed by atoms with Gasteiger partial charge in [0.1, 0.15) is 5.03 Å². The number of nitrogens with two attached hydrogens (primary N) is 1. The van der Waals surface area contributed by atoms with Gasteiger partial charge in [-0.25, -0.2) is 9.97 Å². The lowest BCUT2D eigenvalue weighted by Gasteiger charge is -1.97. The van der Waals surface area contributed by atoms with Gasteiger partial charge in [-0.05, 0) is 18.2 Å². The van der Waals surface area contributed by atoms with Crippen LogP contribution in [0.2, 0.25) is 0 Å². The van der Waals surface area contributed by atoms with Gasteiger partial charge >= 0.3 is 0 Å². The fourth-order valence-corrected chi connectivity index (χ4v) is 3.81. The van der Waals surface area contributed by atoms with E-state index in [4.69, 9.17) is 5.73 Å². The first-order valence-electron chi connectivity index (χ1n) is 5.00. The minimum Gasteiger partial charge on any atom is -0.381 e. The zero-order chi connectivity index (χ0) is 12.1. The van der Waals surface area contributed by atoms with Gasteiger partial charge < -0.3 is 5.73 Å². The van der Waals surface area contributed by atoms with Gasteiger partial charge in [-0.2, -0.15) is 0 Å². The summed E-state index contributed by atoms with van der Waals surface area (Å²) >= 11 is 4.68. The highest BCUT2D eigenvalue weighted by atomic mass is 32.2. The van der Waals surface area contributed by atoms with E-state index in [9.17, 15) is 0 Å². The van der Waals surface area contributed by atoms with Gasteiger partial charge in [-0.1, -0.05) is 30.0 Å². The lowest BCUT2D eigenvalue weighted by Crippen LogP contribution is -1.94. The van der Waals surface area contributed by atoms with Crippen molar-refractivity contribution >= 4 is 40.7 Å². The van der Waals surface area contributed by atoms with Crippen molar-refractivity contribution in [3.8, 4) is 0 Å². The topological polar surface area (TPSA) is 77.6 Å². The Kier molecular flexibility index (Phi) is 4.57. The van der Waals surface area contributed by atoms with E-state index in [0.29, 0.717) is 10.8 Å². The van der Waals surface area contributed by atoms with Gasteiger partial charge in [0.25, 0.3) is 0 Å². The molecule has 2 heterocycles. The quantitative estimate of drug-likeness (QED) is 0.846. The molecule has 0 saturated heterocycles. The Morgan fingerprint density at radius 2 is 2.00 bits per heavy atom. The van der Waals surface area contributed by atoms with E-state index in [-0.39, 0.29) is 0 Å². The molecule has 0 aromatic carbocycles. The highest BCUT2D eigenvalue weighted by molar-refractivity contribution is 8.03. The maximum atomic E-state index is 5.71. The molecule has 5 nitrogen and oxygen atoms in total. The number of anilines is 1. The molecule has 0 radical (unpaired) electrons. The van der Waals surface area contributed by atoms with E-state index in [2.05, 4.69) is 27.1 Å². The number of rotatable bonds is 5. The van der Waals surface area contributed by atoms with E-state index < -0.39 is 0 Å². The molecule has 0 fully saturated rings. The van der Waals surface area contributed by atoms with Crippen LogP contribution in [0.1, 0.15) is 13.3 Å². The maximum Gasteiger partial charge on any atom is 0.181 e. The van der Waals surface area contributed by atoms with Crippen LogP contribution >= 0.6 is 34.9 Å². The Bertz CT molecular complexity index is 487. The second-order valence-corrected chi connectivity index (χ2v) is 6.59. The van der Waals surface area contributed by atoms with Crippen molar-refractivity contribution in [3.63, 3.8) is 0 Å². The first-order chi connectivity index (χ1) is 8.29. The predicted octanol–water partition coefficient (Wildman–Crippen LogP) is 2.56. The highest BCUT2D eigenvalue weighted by Gasteiger charge is 2.09. The zero-order valence-electron chi connectivity index (χ0n) is 9.16. The number of hydrogen-bond donors (Lipinski definition) is 1. The monoisotopic (exact) mass is 285 g/mol. The van der Waals surface area contributed by atoms with E-state index in [1.807, 2.05) is 0 Å². The zero-order valence-corrected chi connectivity index (χ0v) is 11.6. The fourth-order valence-electron chi connectivity index (χ4n) is 0.983. The fraction of sp³-hybridized carbons (Fsp3) is 0.333. The van der Waals surface area contributed by atoms with Gasteiger partial charge in [-0.3, -0.25) is 0 Å². The Hall–Kier alpha value is -0.860. The third kappa shape index (κ3) is 3.55. The third-order valence-electron chi connectivity index (χ3n) is 1.69. The third-order valence-corrected chi connectivity index (χ3v) is 5.01. The van der Waals surface area contributed by atoms with Gasteiger partial charge in [0.2, 0.25) is 0 Å². The van der Waals surface area contributed by atoms with Crippen molar-refractivity contribution in [1.29, 1.82) is 0 Å². The van der Waals surface area contributed by atoms with Gasteiger partial charge in [0, 0.05) is 18.1 Å². The Morgan fingerprint density at radius 3 is 2.76 bits per heavy atom. The van der Waals surface area contributed by atoms with Crippen LogP contribution in [0, 0.1) is 0 Å². The predicted molar refractivity (Wildman–Crippen MR) is 71.5 cm³/mol. The lowest BCUT2D eigenvalue weighted by atomic mass is 10.6. The average molecular weight is 285 g/mol. The molecule has 0 amide bonds. The summed E-state index contributed by atoms with van der Waals surface area (Å²) in [5.74, 6) is 1.49. The Balaban J connectivity index is 2.04. The molecule has 0 aliphatic carbocycles. The summed E-state index contributed by atoms with van der Waals surface area (Å²) in [4.78, 5) is 8.13. The number of nitrogens with zero attached hydrogens (tertiary/aromatic N) is 4. The van der Waals surface area contributed by atoms with Gasteiger partial charge in [0.05, 0.1) is 0 Å². The van der Waals surface area contributed by atoms with Crippen molar-refractivity contribution in [2.24, 2.45) is 0 Å². The molecule has 0 unspecified atom stereocenters. The summed E-state index contributed by atoms with van der Waals surface area (Å²) in [6.45, 7) is 2.14. The molecule has 8 heteroatoms. The number of nitrogen functional groups attached to an aromatic ring is 1. The molecule has 2 aromatic heterocycles. The number of thioether (sulfide) groups is 1. The normalized spacial score (nSPS) is 10.6. The van der Waals surface area contributed by atoms with Crippen LogP contribution in [0.4, 0.5) is 5.82 Å². The van der Waals surface area contributed by atoms with Crippen LogP contribution in [-0.4, -0.2) is 25.9 Å². The number of hydrogen-bond acceptors (Lipinski definition) is 8. The van der Waals surface area contributed by atoms with Crippen LogP contribution in [0.25, 0.3) is 0 Å². The molecule has 2 aromatic rings. The Morgan fingerprint density at radius 1 is 1.24 bits per heavy atom. The lowest BCUT2D eigenvalue weighted by molar-refractivity contribution is 0.949. The van der Waals surface area contributed by atoms with Crippen molar-refractivity contribution < 1.29 is 0 Å². The summed E-state index contributed by atoms with van der Waals surface area (Å²) in [7, 11) is 0. The molecular formula is C9H11N5S3. The van der Waals surface area contributed by atoms with Crippen molar-refractivity contribution in [1.82, 2.24) is 20.2 Å². The van der Waals surface area contributed by atoms with Crippen LogP contribution in [0.15, 0.2) is 26.1 Å². The summed E-state index contributed by atoms with van der Waals surface area (Å²) < 4.78 is 1.83. The summed E-state index contributed by atoms with van der Waals surface area (Å²) in [5, 5.41) is 8.87. The largest absolute Gasteiger partial charge is 0.381 e. The SMILES string of the molecule is CCCSc1nnc(Sc2nccnc2N)s1. The molecule has 2 N–H and O–H groups in total. The van der Waals surface area contributed by atoms with E-state index in [1.54, 1.807) is 35.5 Å².